The molecule has 0 saturated carbocycles. The molecule has 1 amide bonds. The van der Waals surface area contributed by atoms with E-state index >= 15 is 0 Å². The number of hydrogen-bond acceptors (Lipinski definition) is 5. The first-order chi connectivity index (χ1) is 12.7. The van der Waals surface area contributed by atoms with Crippen LogP contribution in [-0.2, 0) is 19.4 Å². The molecule has 0 unspecified atom stereocenters. The van der Waals surface area contributed by atoms with E-state index in [1.165, 1.54) is 0 Å². The van der Waals surface area contributed by atoms with E-state index in [9.17, 15) is 9.59 Å². The molecular formula is C18H24N6O2. The third kappa shape index (κ3) is 3.00. The third-order valence-corrected chi connectivity index (χ3v) is 5.39. The highest BCUT2D eigenvalue weighted by Crippen LogP contribution is 2.23. The van der Waals surface area contributed by atoms with Crippen LogP contribution in [0.3, 0.4) is 0 Å². The highest BCUT2D eigenvalue weighted by Gasteiger charge is 2.27. The Morgan fingerprint density at radius 2 is 2.15 bits per heavy atom. The molecule has 1 fully saturated rings. The Balaban J connectivity index is 1.38. The highest BCUT2D eigenvalue weighted by atomic mass is 16.2. The zero-order valence-corrected chi connectivity index (χ0v) is 15.0. The zero-order valence-electron chi connectivity index (χ0n) is 15.0. The normalized spacial score (nSPS) is 17.3. The number of rotatable bonds is 4. The minimum absolute atomic E-state index is 0.0513. The molecule has 26 heavy (non-hydrogen) atoms. The van der Waals surface area contributed by atoms with Crippen molar-refractivity contribution in [2.75, 3.05) is 18.0 Å². The van der Waals surface area contributed by atoms with Gasteiger partial charge in [0.15, 0.2) is 11.5 Å². The second kappa shape index (κ2) is 6.93. The van der Waals surface area contributed by atoms with E-state index < -0.39 is 0 Å². The second-order valence-corrected chi connectivity index (χ2v) is 6.96. The van der Waals surface area contributed by atoms with Crippen molar-refractivity contribution >= 4 is 11.7 Å². The number of amides is 1. The van der Waals surface area contributed by atoms with Gasteiger partial charge in [0.25, 0.3) is 11.5 Å². The minimum Gasteiger partial charge on any atom is -0.352 e. The Morgan fingerprint density at radius 3 is 2.92 bits per heavy atom. The molecule has 0 atom stereocenters. The number of fused-ring (bicyclic) bond motifs is 1. The lowest BCUT2D eigenvalue weighted by Gasteiger charge is -2.32. The zero-order chi connectivity index (χ0) is 18.1. The molecule has 2 aliphatic rings. The molecule has 3 heterocycles. The number of aromatic nitrogens is 4. The monoisotopic (exact) mass is 356 g/mol. The van der Waals surface area contributed by atoms with Gasteiger partial charge >= 0.3 is 0 Å². The van der Waals surface area contributed by atoms with E-state index in [4.69, 9.17) is 0 Å². The minimum atomic E-state index is -0.0889. The topological polar surface area (TPSA) is 95.9 Å². The summed E-state index contributed by atoms with van der Waals surface area (Å²) < 4.78 is 1.66. The van der Waals surface area contributed by atoms with E-state index in [0.29, 0.717) is 31.1 Å². The first kappa shape index (κ1) is 16.8. The number of piperidine rings is 1. The summed E-state index contributed by atoms with van der Waals surface area (Å²) in [5.74, 6) is 0.415. The van der Waals surface area contributed by atoms with Crippen LogP contribution in [-0.4, -0.2) is 44.8 Å². The Bertz CT molecular complexity index is 863. The number of anilines is 1. The SMILES string of the molecule is CCn1ccnc(N2CCC(NC(=O)c3n[nH]c4c3CCC4)CC2)c1=O. The Morgan fingerprint density at radius 1 is 1.35 bits per heavy atom. The Hall–Kier alpha value is -2.64. The summed E-state index contributed by atoms with van der Waals surface area (Å²) >= 11 is 0. The molecule has 8 heteroatoms. The summed E-state index contributed by atoms with van der Waals surface area (Å²) in [5.41, 5.74) is 2.68. The van der Waals surface area contributed by atoms with Gasteiger partial charge in [-0.15, -0.1) is 0 Å². The van der Waals surface area contributed by atoms with Crippen LogP contribution in [0.2, 0.25) is 0 Å². The van der Waals surface area contributed by atoms with Crippen LogP contribution in [0.25, 0.3) is 0 Å². The van der Waals surface area contributed by atoms with Gasteiger partial charge in [0.05, 0.1) is 0 Å². The molecule has 138 valence electrons. The fourth-order valence-corrected chi connectivity index (χ4v) is 3.90. The van der Waals surface area contributed by atoms with Gasteiger partial charge in [0, 0.05) is 49.3 Å². The molecule has 0 radical (unpaired) electrons. The van der Waals surface area contributed by atoms with Crippen LogP contribution in [0.15, 0.2) is 17.2 Å². The van der Waals surface area contributed by atoms with Crippen molar-refractivity contribution in [1.82, 2.24) is 25.1 Å². The molecule has 2 aromatic rings. The van der Waals surface area contributed by atoms with Crippen molar-refractivity contribution in [2.24, 2.45) is 0 Å². The average Bonchev–Trinajstić information content (AvgIpc) is 3.26. The summed E-state index contributed by atoms with van der Waals surface area (Å²) in [6, 6.07) is 0.101. The molecule has 1 aliphatic carbocycles. The van der Waals surface area contributed by atoms with Crippen LogP contribution in [0.1, 0.15) is 47.9 Å². The van der Waals surface area contributed by atoms with Crippen molar-refractivity contribution in [2.45, 2.75) is 51.6 Å². The largest absolute Gasteiger partial charge is 0.352 e. The van der Waals surface area contributed by atoms with Crippen molar-refractivity contribution in [3.8, 4) is 0 Å². The van der Waals surface area contributed by atoms with Crippen molar-refractivity contribution < 1.29 is 4.79 Å². The van der Waals surface area contributed by atoms with Crippen LogP contribution in [0.4, 0.5) is 5.82 Å². The smallest absolute Gasteiger partial charge is 0.293 e. The van der Waals surface area contributed by atoms with Crippen LogP contribution in [0, 0.1) is 0 Å². The summed E-state index contributed by atoms with van der Waals surface area (Å²) in [4.78, 5) is 31.2. The van der Waals surface area contributed by atoms with Crippen molar-refractivity contribution in [3.05, 3.63) is 39.7 Å². The Labute approximate surface area is 151 Å². The highest BCUT2D eigenvalue weighted by molar-refractivity contribution is 5.94. The van der Waals surface area contributed by atoms with Crippen molar-refractivity contribution in [3.63, 3.8) is 0 Å². The predicted octanol–water partition coefficient (Wildman–Crippen LogP) is 0.874. The van der Waals surface area contributed by atoms with Gasteiger partial charge in [0.2, 0.25) is 0 Å². The maximum Gasteiger partial charge on any atom is 0.293 e. The lowest BCUT2D eigenvalue weighted by Crippen LogP contribution is -2.46. The van der Waals surface area contributed by atoms with Gasteiger partial charge in [-0.2, -0.15) is 5.10 Å². The molecule has 2 aromatic heterocycles. The van der Waals surface area contributed by atoms with E-state index in [2.05, 4.69) is 20.5 Å². The number of nitrogens with one attached hydrogen (secondary N) is 2. The fourth-order valence-electron chi connectivity index (χ4n) is 3.90. The number of aryl methyl sites for hydroxylation is 2. The predicted molar refractivity (Wildman–Crippen MR) is 97.5 cm³/mol. The van der Waals surface area contributed by atoms with Gasteiger partial charge in [-0.1, -0.05) is 0 Å². The molecular weight excluding hydrogens is 332 g/mol. The van der Waals surface area contributed by atoms with E-state index in [1.54, 1.807) is 17.0 Å². The van der Waals surface area contributed by atoms with E-state index in [0.717, 1.165) is 43.4 Å². The molecule has 2 N–H and O–H groups in total. The lowest BCUT2D eigenvalue weighted by atomic mass is 10.0. The molecule has 1 aliphatic heterocycles. The number of H-pyrrole nitrogens is 1. The molecule has 8 nitrogen and oxygen atoms in total. The van der Waals surface area contributed by atoms with Gasteiger partial charge in [-0.25, -0.2) is 4.98 Å². The maximum absolute atomic E-state index is 12.5. The summed E-state index contributed by atoms with van der Waals surface area (Å²) in [6.07, 6.45) is 7.96. The number of nitrogens with zero attached hydrogens (tertiary/aromatic N) is 4. The number of carbonyl (C=O) groups excluding carboxylic acids is 1. The molecule has 0 spiro atoms. The third-order valence-electron chi connectivity index (χ3n) is 5.39. The standard InChI is InChI=1S/C18H24N6O2/c1-2-23-11-8-19-16(18(23)26)24-9-6-12(7-10-24)20-17(25)15-13-4-3-5-14(13)21-22-15/h8,11-12H,2-7,9-10H2,1H3,(H,20,25)(H,21,22). The van der Waals surface area contributed by atoms with E-state index in [1.807, 2.05) is 11.8 Å². The second-order valence-electron chi connectivity index (χ2n) is 6.96. The molecule has 0 aromatic carbocycles. The average molecular weight is 356 g/mol. The van der Waals surface area contributed by atoms with Crippen LogP contribution in [0.5, 0.6) is 0 Å². The first-order valence-corrected chi connectivity index (χ1v) is 9.34. The first-order valence-electron chi connectivity index (χ1n) is 9.34. The lowest BCUT2D eigenvalue weighted by molar-refractivity contribution is 0.0925. The van der Waals surface area contributed by atoms with Gasteiger partial charge < -0.3 is 14.8 Å². The van der Waals surface area contributed by atoms with Gasteiger partial charge in [-0.05, 0) is 39.0 Å². The number of aromatic amines is 1. The van der Waals surface area contributed by atoms with Crippen LogP contribution < -0.4 is 15.8 Å². The fraction of sp³-hybridized carbons (Fsp3) is 0.556. The summed E-state index contributed by atoms with van der Waals surface area (Å²) in [5, 5.41) is 10.3. The summed E-state index contributed by atoms with van der Waals surface area (Å²) in [7, 11) is 0. The quantitative estimate of drug-likeness (QED) is 0.848. The molecule has 0 bridgehead atoms. The van der Waals surface area contributed by atoms with Crippen molar-refractivity contribution in [1.29, 1.82) is 0 Å². The number of carbonyl (C=O) groups is 1. The Kier molecular flexibility index (Phi) is 4.48. The van der Waals surface area contributed by atoms with Gasteiger partial charge in [0.1, 0.15) is 0 Å². The molecule has 1 saturated heterocycles. The van der Waals surface area contributed by atoms with Gasteiger partial charge in [-0.3, -0.25) is 14.7 Å². The summed E-state index contributed by atoms with van der Waals surface area (Å²) in [6.45, 7) is 3.99. The maximum atomic E-state index is 12.5. The molecule has 4 rings (SSSR count). The van der Waals surface area contributed by atoms with E-state index in [-0.39, 0.29) is 17.5 Å². The van der Waals surface area contributed by atoms with Crippen LogP contribution >= 0.6 is 0 Å². The number of hydrogen-bond donors (Lipinski definition) is 2.